The summed E-state index contributed by atoms with van der Waals surface area (Å²) in [6.45, 7) is 2.59. The van der Waals surface area contributed by atoms with Gasteiger partial charge in [-0.2, -0.15) is 0 Å². The number of hydrogen-bond donors (Lipinski definition) is 3. The highest BCUT2D eigenvalue weighted by atomic mass is 35.5. The molecule has 0 bridgehead atoms. The molecule has 38 heavy (non-hydrogen) atoms. The number of hydrogen-bond acceptors (Lipinski definition) is 6. The summed E-state index contributed by atoms with van der Waals surface area (Å²) in [6, 6.07) is 3.26. The third-order valence-corrected chi connectivity index (χ3v) is 7.62. The second-order valence-electron chi connectivity index (χ2n) is 10.0. The molecule has 1 fully saturated rings. The van der Waals surface area contributed by atoms with Gasteiger partial charge < -0.3 is 21.3 Å². The maximum absolute atomic E-state index is 14.9. The Morgan fingerprint density at radius 2 is 2.05 bits per heavy atom. The number of aromatic nitrogens is 2. The Labute approximate surface area is 226 Å². The summed E-state index contributed by atoms with van der Waals surface area (Å²) in [7, 11) is 0. The van der Waals surface area contributed by atoms with Crippen LogP contribution in [0, 0.1) is 23.7 Å². The summed E-state index contributed by atoms with van der Waals surface area (Å²) >= 11 is 6.03. The monoisotopic (exact) mass is 546 g/mol. The first kappa shape index (κ1) is 27.8. The van der Waals surface area contributed by atoms with Crippen LogP contribution in [0.15, 0.2) is 59.4 Å². The number of carbonyl (C=O) groups excluding carboxylic acids is 2. The van der Waals surface area contributed by atoms with Gasteiger partial charge in [0, 0.05) is 49.5 Å². The predicted octanol–water partition coefficient (Wildman–Crippen LogP) is 3.59. The Balaban J connectivity index is 1.38. The van der Waals surface area contributed by atoms with Gasteiger partial charge in [-0.15, -0.1) is 10.2 Å². The van der Waals surface area contributed by atoms with Crippen LogP contribution >= 0.6 is 11.6 Å². The molecular formula is C27H33ClF2N6O2. The van der Waals surface area contributed by atoms with E-state index in [9.17, 15) is 18.4 Å². The van der Waals surface area contributed by atoms with Crippen molar-refractivity contribution in [3.63, 3.8) is 0 Å². The van der Waals surface area contributed by atoms with E-state index in [0.29, 0.717) is 43.3 Å². The van der Waals surface area contributed by atoms with E-state index < -0.39 is 23.8 Å². The summed E-state index contributed by atoms with van der Waals surface area (Å²) in [5, 5.41) is 14.7. The molecule has 1 aliphatic heterocycles. The number of amides is 2. The predicted molar refractivity (Wildman–Crippen MR) is 143 cm³/mol. The fourth-order valence-corrected chi connectivity index (χ4v) is 5.58. The lowest BCUT2D eigenvalue weighted by Gasteiger charge is -2.28. The molecule has 2 aliphatic carbocycles. The van der Waals surface area contributed by atoms with E-state index in [4.69, 9.17) is 17.3 Å². The summed E-state index contributed by atoms with van der Waals surface area (Å²) < 4.78 is 28.5. The molecule has 3 aliphatic rings. The van der Waals surface area contributed by atoms with Gasteiger partial charge in [-0.25, -0.2) is 8.78 Å². The fraction of sp³-hybridized carbons (Fsp3) is 0.481. The van der Waals surface area contributed by atoms with Crippen LogP contribution in [0.4, 0.5) is 20.4 Å². The molecule has 4 N–H and O–H groups in total. The van der Waals surface area contributed by atoms with Crippen LogP contribution in [0.1, 0.15) is 26.2 Å². The number of anilines is 2. The first-order valence-corrected chi connectivity index (χ1v) is 13.2. The lowest BCUT2D eigenvalue weighted by atomic mass is 9.79. The molecule has 204 valence electrons. The van der Waals surface area contributed by atoms with Crippen molar-refractivity contribution in [3.8, 4) is 0 Å². The van der Waals surface area contributed by atoms with Crippen molar-refractivity contribution < 1.29 is 18.4 Å². The minimum absolute atomic E-state index is 0.0816. The van der Waals surface area contributed by atoms with Crippen molar-refractivity contribution in [2.75, 3.05) is 30.3 Å². The lowest BCUT2D eigenvalue weighted by Crippen LogP contribution is -2.41. The molecule has 1 saturated heterocycles. The maximum Gasteiger partial charge on any atom is 0.225 e. The number of halogens is 3. The van der Waals surface area contributed by atoms with Crippen LogP contribution in [0.25, 0.3) is 0 Å². The number of alkyl halides is 1. The molecule has 0 spiro atoms. The number of rotatable bonds is 9. The highest BCUT2D eigenvalue weighted by Crippen LogP contribution is 2.38. The van der Waals surface area contributed by atoms with Crippen molar-refractivity contribution in [2.45, 2.75) is 38.4 Å². The molecular weight excluding hydrogens is 514 g/mol. The fourth-order valence-electron chi connectivity index (χ4n) is 5.42. The highest BCUT2D eigenvalue weighted by molar-refractivity contribution is 6.31. The molecule has 6 atom stereocenters. The number of nitrogens with one attached hydrogen (secondary N) is 2. The first-order chi connectivity index (χ1) is 18.2. The number of nitrogens with zero attached hydrogens (tertiary/aromatic N) is 3. The molecule has 2 heterocycles. The lowest BCUT2D eigenvalue weighted by molar-refractivity contribution is -0.126. The van der Waals surface area contributed by atoms with Crippen molar-refractivity contribution in [3.05, 3.63) is 59.4 Å². The van der Waals surface area contributed by atoms with Gasteiger partial charge in [0.05, 0.1) is 5.92 Å². The van der Waals surface area contributed by atoms with Crippen molar-refractivity contribution in [1.82, 2.24) is 20.8 Å². The number of carbonyl (C=O) groups is 2. The largest absolute Gasteiger partial charge is 0.382 e. The van der Waals surface area contributed by atoms with Gasteiger partial charge in [0.2, 0.25) is 11.8 Å². The van der Waals surface area contributed by atoms with Crippen LogP contribution in [0.2, 0.25) is 0 Å². The summed E-state index contributed by atoms with van der Waals surface area (Å²) in [4.78, 5) is 27.0. The Morgan fingerprint density at radius 3 is 2.71 bits per heavy atom. The van der Waals surface area contributed by atoms with E-state index in [0.717, 1.165) is 12.5 Å². The Morgan fingerprint density at radius 1 is 1.24 bits per heavy atom. The summed E-state index contributed by atoms with van der Waals surface area (Å²) in [5.74, 6) is -1.54. The number of nitrogen functional groups attached to an aromatic ring is 1. The smallest absolute Gasteiger partial charge is 0.225 e. The average Bonchev–Trinajstić information content (AvgIpc) is 3.32. The van der Waals surface area contributed by atoms with Crippen LogP contribution in [0.5, 0.6) is 0 Å². The van der Waals surface area contributed by atoms with Crippen LogP contribution in [0.3, 0.4) is 0 Å². The molecule has 4 unspecified atom stereocenters. The molecule has 2 amide bonds. The van der Waals surface area contributed by atoms with Crippen LogP contribution in [-0.2, 0) is 9.59 Å². The average molecular weight is 547 g/mol. The van der Waals surface area contributed by atoms with E-state index in [1.54, 1.807) is 12.1 Å². The van der Waals surface area contributed by atoms with Gasteiger partial charge in [-0.05, 0) is 55.5 Å². The third kappa shape index (κ3) is 6.98. The Hall–Kier alpha value is -3.27. The van der Waals surface area contributed by atoms with E-state index in [1.165, 1.54) is 19.1 Å². The minimum atomic E-state index is -1.53. The van der Waals surface area contributed by atoms with Gasteiger partial charge in [-0.1, -0.05) is 29.8 Å². The zero-order valence-electron chi connectivity index (χ0n) is 21.2. The Bertz CT molecular complexity index is 1140. The van der Waals surface area contributed by atoms with Gasteiger partial charge in [0.1, 0.15) is 17.8 Å². The van der Waals surface area contributed by atoms with Crippen molar-refractivity contribution in [2.24, 2.45) is 23.7 Å². The van der Waals surface area contributed by atoms with E-state index in [2.05, 4.69) is 20.8 Å². The zero-order chi connectivity index (χ0) is 27.2. The topological polar surface area (TPSA) is 113 Å². The summed E-state index contributed by atoms with van der Waals surface area (Å²) in [6.07, 6.45) is 10.0. The van der Waals surface area contributed by atoms with E-state index in [1.807, 2.05) is 23.1 Å². The molecule has 1 aromatic heterocycles. The first-order valence-electron chi connectivity index (χ1n) is 12.8. The second kappa shape index (κ2) is 12.5. The van der Waals surface area contributed by atoms with E-state index in [-0.39, 0.29) is 35.5 Å². The van der Waals surface area contributed by atoms with Gasteiger partial charge in [0.25, 0.3) is 0 Å². The van der Waals surface area contributed by atoms with Gasteiger partial charge in [-0.3, -0.25) is 9.59 Å². The minimum Gasteiger partial charge on any atom is -0.382 e. The van der Waals surface area contributed by atoms with Crippen LogP contribution in [-0.4, -0.2) is 53.9 Å². The van der Waals surface area contributed by atoms with Crippen molar-refractivity contribution in [1.29, 1.82) is 0 Å². The second-order valence-corrected chi connectivity index (χ2v) is 10.4. The quantitative estimate of drug-likeness (QED) is 0.408. The molecule has 0 radical (unpaired) electrons. The number of nitrogens with two attached hydrogens (primary N) is 1. The summed E-state index contributed by atoms with van der Waals surface area (Å²) in [5.41, 5.74) is 5.65. The number of allylic oxidation sites excluding steroid dienone is 7. The van der Waals surface area contributed by atoms with E-state index >= 15 is 0 Å². The molecule has 0 saturated carbocycles. The third-order valence-electron chi connectivity index (χ3n) is 7.34. The molecule has 4 rings (SSSR count). The molecule has 0 aromatic carbocycles. The Kier molecular flexibility index (Phi) is 9.14. The normalized spacial score (nSPS) is 27.5. The highest BCUT2D eigenvalue weighted by Gasteiger charge is 2.44. The standard InChI is InChI=1S/C27H33ClF2N6O2/c1-16(37)33-24(17-4-6-18(28)7-5-17)3-2-12-32-27(38)22-15-36(26-11-10-25(31)34-35-26)14-21(22)20-9-8-19(29)13-23(20)30/h4,6-11,13,17,20-24H,2-3,5,12,14-15H2,1H3,(H2,31,34)(H,32,38)(H,33,37)/t17?,20?,21-,22?,23?,24-/m0/s1. The van der Waals surface area contributed by atoms with Crippen LogP contribution < -0.4 is 21.3 Å². The zero-order valence-corrected chi connectivity index (χ0v) is 22.0. The van der Waals surface area contributed by atoms with Gasteiger partial charge in [0.15, 0.2) is 5.82 Å². The molecule has 11 heteroatoms. The van der Waals surface area contributed by atoms with Crippen molar-refractivity contribution >= 4 is 35.1 Å². The SMILES string of the molecule is CC(=O)N[C@@H](CCCNC(=O)C1CN(c2ccc(N)nn2)C[C@H]1C1C=CC(F)=CC1F)C1C=CC(Cl)=CC1. The molecule has 1 aromatic rings. The maximum atomic E-state index is 14.9. The van der Waals surface area contributed by atoms with Gasteiger partial charge >= 0.3 is 0 Å². The molecule has 8 nitrogen and oxygen atoms in total.